The van der Waals surface area contributed by atoms with E-state index in [1.54, 1.807) is 6.92 Å². The second-order valence-corrected chi connectivity index (χ2v) is 6.25. The summed E-state index contributed by atoms with van der Waals surface area (Å²) >= 11 is 0. The normalized spacial score (nSPS) is 13.1. The van der Waals surface area contributed by atoms with Gasteiger partial charge < -0.3 is 4.74 Å². The number of aromatic nitrogens is 2. The quantitative estimate of drug-likeness (QED) is 0.845. The monoisotopic (exact) mass is 295 g/mol. The van der Waals surface area contributed by atoms with E-state index >= 15 is 0 Å². The molecular formula is C13H17N3O3S. The molecule has 20 heavy (non-hydrogen) atoms. The summed E-state index contributed by atoms with van der Waals surface area (Å²) in [7, 11) is -3.58. The van der Waals surface area contributed by atoms with E-state index in [4.69, 9.17) is 4.74 Å². The number of nitrogens with one attached hydrogen (secondary N) is 2. The predicted molar refractivity (Wildman–Crippen MR) is 75.0 cm³/mol. The molecule has 0 fully saturated rings. The van der Waals surface area contributed by atoms with Crippen molar-refractivity contribution in [2.45, 2.75) is 24.9 Å². The van der Waals surface area contributed by atoms with Crippen molar-refractivity contribution in [3.05, 3.63) is 42.1 Å². The fourth-order valence-corrected chi connectivity index (χ4v) is 2.75. The lowest BCUT2D eigenvalue weighted by molar-refractivity contribution is 0.287. The van der Waals surface area contributed by atoms with Crippen LogP contribution in [0.2, 0.25) is 0 Å². The molecular weight excluding hydrogens is 278 g/mol. The third-order valence-electron chi connectivity index (χ3n) is 2.64. The maximum atomic E-state index is 11.9. The Morgan fingerprint density at radius 2 is 2.00 bits per heavy atom. The number of H-pyrrole nitrogens is 1. The van der Waals surface area contributed by atoms with Gasteiger partial charge in [0.05, 0.1) is 12.2 Å². The Kier molecular flexibility index (Phi) is 4.41. The Hall–Kier alpha value is -1.86. The standard InChI is InChI=1S/C13H17N3O3S/c1-10-3-5-12(6-4-10)19-9-11(2)16-20(17,18)13-7-8-14-15-13/h3-8,11,16H,9H2,1-2H3,(H,14,15). The molecule has 1 atom stereocenters. The molecule has 6 nitrogen and oxygen atoms in total. The van der Waals surface area contributed by atoms with Crippen LogP contribution in [-0.4, -0.2) is 31.3 Å². The Morgan fingerprint density at radius 1 is 1.30 bits per heavy atom. The van der Waals surface area contributed by atoms with Crippen molar-refractivity contribution in [2.75, 3.05) is 6.61 Å². The lowest BCUT2D eigenvalue weighted by atomic mass is 10.2. The van der Waals surface area contributed by atoms with Crippen molar-refractivity contribution >= 4 is 10.0 Å². The molecule has 0 aliphatic carbocycles. The highest BCUT2D eigenvalue weighted by molar-refractivity contribution is 7.89. The van der Waals surface area contributed by atoms with Gasteiger partial charge in [-0.25, -0.2) is 13.1 Å². The predicted octanol–water partition coefficient (Wildman–Crippen LogP) is 1.46. The summed E-state index contributed by atoms with van der Waals surface area (Å²) in [6, 6.07) is 8.63. The summed E-state index contributed by atoms with van der Waals surface area (Å²) < 4.78 is 31.9. The average Bonchev–Trinajstić information content (AvgIpc) is 2.92. The number of benzene rings is 1. The molecule has 1 aromatic carbocycles. The summed E-state index contributed by atoms with van der Waals surface area (Å²) in [5.74, 6) is 0.711. The summed E-state index contributed by atoms with van der Waals surface area (Å²) in [6.45, 7) is 3.98. The van der Waals surface area contributed by atoms with Crippen molar-refractivity contribution in [1.82, 2.24) is 14.9 Å². The van der Waals surface area contributed by atoms with Crippen LogP contribution in [0.3, 0.4) is 0 Å². The number of sulfonamides is 1. The minimum Gasteiger partial charge on any atom is -0.492 e. The van der Waals surface area contributed by atoms with Gasteiger partial charge in [0.1, 0.15) is 12.4 Å². The SMILES string of the molecule is Cc1ccc(OCC(C)NS(=O)(=O)c2ccn[nH]2)cc1. The summed E-state index contributed by atoms with van der Waals surface area (Å²) in [5.41, 5.74) is 1.14. The number of ether oxygens (including phenoxy) is 1. The highest BCUT2D eigenvalue weighted by Crippen LogP contribution is 2.12. The van der Waals surface area contributed by atoms with Crippen LogP contribution >= 0.6 is 0 Å². The second-order valence-electron chi connectivity index (χ2n) is 4.57. The molecule has 1 heterocycles. The van der Waals surface area contributed by atoms with Gasteiger partial charge in [-0.15, -0.1) is 0 Å². The molecule has 0 radical (unpaired) electrons. The van der Waals surface area contributed by atoms with Gasteiger partial charge in [-0.2, -0.15) is 5.10 Å². The number of aromatic amines is 1. The van der Waals surface area contributed by atoms with Crippen LogP contribution in [-0.2, 0) is 10.0 Å². The molecule has 108 valence electrons. The first kappa shape index (κ1) is 14.5. The third kappa shape index (κ3) is 3.82. The van der Waals surface area contributed by atoms with Crippen molar-refractivity contribution in [3.8, 4) is 5.75 Å². The molecule has 0 aliphatic rings. The van der Waals surface area contributed by atoms with E-state index in [1.165, 1.54) is 12.3 Å². The molecule has 0 bridgehead atoms. The molecule has 0 saturated carbocycles. The zero-order chi connectivity index (χ0) is 14.6. The second kappa shape index (κ2) is 6.06. The van der Waals surface area contributed by atoms with E-state index in [2.05, 4.69) is 14.9 Å². The molecule has 0 amide bonds. The molecule has 0 spiro atoms. The van der Waals surface area contributed by atoms with Gasteiger partial charge in [0.15, 0.2) is 5.03 Å². The lowest BCUT2D eigenvalue weighted by Crippen LogP contribution is -2.36. The number of hydrogen-bond acceptors (Lipinski definition) is 4. The molecule has 0 aliphatic heterocycles. The maximum Gasteiger partial charge on any atom is 0.257 e. The fourth-order valence-electron chi connectivity index (χ4n) is 1.61. The maximum absolute atomic E-state index is 11.9. The van der Waals surface area contributed by atoms with E-state index in [1.807, 2.05) is 31.2 Å². The highest BCUT2D eigenvalue weighted by atomic mass is 32.2. The van der Waals surface area contributed by atoms with Gasteiger partial charge in [0, 0.05) is 0 Å². The third-order valence-corrected chi connectivity index (χ3v) is 4.16. The van der Waals surface area contributed by atoms with Gasteiger partial charge >= 0.3 is 0 Å². The smallest absolute Gasteiger partial charge is 0.257 e. The fraction of sp³-hybridized carbons (Fsp3) is 0.308. The number of aryl methyl sites for hydroxylation is 1. The van der Waals surface area contributed by atoms with Gasteiger partial charge in [-0.3, -0.25) is 5.10 Å². The molecule has 1 unspecified atom stereocenters. The largest absolute Gasteiger partial charge is 0.492 e. The molecule has 7 heteroatoms. The number of hydrogen-bond donors (Lipinski definition) is 2. The van der Waals surface area contributed by atoms with Crippen molar-refractivity contribution in [1.29, 1.82) is 0 Å². The molecule has 2 rings (SSSR count). The van der Waals surface area contributed by atoms with Gasteiger partial charge in [0.25, 0.3) is 10.0 Å². The zero-order valence-corrected chi connectivity index (χ0v) is 12.1. The van der Waals surface area contributed by atoms with E-state index in [-0.39, 0.29) is 17.7 Å². The Balaban J connectivity index is 1.90. The molecule has 0 saturated heterocycles. The summed E-state index contributed by atoms with van der Waals surface area (Å²) in [6.07, 6.45) is 1.39. The van der Waals surface area contributed by atoms with Gasteiger partial charge in [-0.05, 0) is 32.0 Å². The minimum atomic E-state index is -3.58. The zero-order valence-electron chi connectivity index (χ0n) is 11.3. The average molecular weight is 295 g/mol. The van der Waals surface area contributed by atoms with E-state index in [0.29, 0.717) is 5.75 Å². The van der Waals surface area contributed by atoms with E-state index in [0.717, 1.165) is 5.56 Å². The van der Waals surface area contributed by atoms with Crippen molar-refractivity contribution in [2.24, 2.45) is 0 Å². The summed E-state index contributed by atoms with van der Waals surface area (Å²) in [5, 5.41) is 6.09. The molecule has 2 N–H and O–H groups in total. The first-order valence-electron chi connectivity index (χ1n) is 6.18. The topological polar surface area (TPSA) is 84.1 Å². The van der Waals surface area contributed by atoms with E-state index in [9.17, 15) is 8.42 Å². The highest BCUT2D eigenvalue weighted by Gasteiger charge is 2.18. The van der Waals surface area contributed by atoms with Gasteiger partial charge in [0.2, 0.25) is 0 Å². The Labute approximate surface area is 118 Å². The molecule has 1 aromatic heterocycles. The number of nitrogens with zero attached hydrogens (tertiary/aromatic N) is 1. The first-order valence-corrected chi connectivity index (χ1v) is 7.67. The van der Waals surface area contributed by atoms with Crippen LogP contribution in [0.4, 0.5) is 0 Å². The molecule has 2 aromatic rings. The van der Waals surface area contributed by atoms with Crippen LogP contribution in [0.25, 0.3) is 0 Å². The van der Waals surface area contributed by atoms with Crippen LogP contribution in [0.1, 0.15) is 12.5 Å². The van der Waals surface area contributed by atoms with Crippen LogP contribution in [0.5, 0.6) is 5.75 Å². The lowest BCUT2D eigenvalue weighted by Gasteiger charge is -2.14. The summed E-state index contributed by atoms with van der Waals surface area (Å²) in [4.78, 5) is 0. The van der Waals surface area contributed by atoms with Crippen LogP contribution < -0.4 is 9.46 Å². The Bertz CT molecular complexity index is 636. The van der Waals surface area contributed by atoms with Crippen LogP contribution in [0.15, 0.2) is 41.6 Å². The Morgan fingerprint density at radius 3 is 2.60 bits per heavy atom. The number of rotatable bonds is 6. The minimum absolute atomic E-state index is 0.0414. The van der Waals surface area contributed by atoms with Crippen molar-refractivity contribution < 1.29 is 13.2 Å². The van der Waals surface area contributed by atoms with E-state index < -0.39 is 10.0 Å². The van der Waals surface area contributed by atoms with Crippen molar-refractivity contribution in [3.63, 3.8) is 0 Å². The first-order chi connectivity index (χ1) is 9.47. The van der Waals surface area contributed by atoms with Gasteiger partial charge in [-0.1, -0.05) is 17.7 Å². The van der Waals surface area contributed by atoms with Crippen LogP contribution in [0, 0.1) is 6.92 Å².